The van der Waals surface area contributed by atoms with E-state index in [1.54, 1.807) is 5.32 Å². The lowest BCUT2D eigenvalue weighted by atomic mass is 9.99. The SMILES string of the molecule is CC(O)C(=O)NCC1NC(=O)C(C(=O)O)NC(=O)C(O)CNC(=O)C(C(C)O)NC(=O)C(C(O)C(O)C(N)=O)NC(=O)C(C(C)C)NC(=O)C(CO)NC1=O. The van der Waals surface area contributed by atoms with Gasteiger partial charge in [-0.1, -0.05) is 13.8 Å². The summed E-state index contributed by atoms with van der Waals surface area (Å²) in [6.45, 7) is 1.58. The number of β-amino-alcohol motifs (C(OH)–C–C–N with tert-alkyl or cyclic N) is 1. The molecule has 0 aromatic heterocycles. The second kappa shape index (κ2) is 21.4. The molecular formula is C29H47N9O17. The summed E-state index contributed by atoms with van der Waals surface area (Å²) in [5.41, 5.74) is 5.03. The van der Waals surface area contributed by atoms with Gasteiger partial charge in [-0.2, -0.15) is 0 Å². The van der Waals surface area contributed by atoms with Crippen LogP contribution < -0.4 is 48.3 Å². The van der Waals surface area contributed by atoms with Gasteiger partial charge >= 0.3 is 5.97 Å². The lowest BCUT2D eigenvalue weighted by Gasteiger charge is -2.31. The molecule has 0 aliphatic carbocycles. The van der Waals surface area contributed by atoms with Crippen LogP contribution >= 0.6 is 0 Å². The van der Waals surface area contributed by atoms with Crippen LogP contribution in [0.3, 0.4) is 0 Å². The summed E-state index contributed by atoms with van der Waals surface area (Å²) >= 11 is 0. The van der Waals surface area contributed by atoms with Gasteiger partial charge in [0.15, 0.2) is 6.10 Å². The van der Waals surface area contributed by atoms with E-state index < -0.39 is 152 Å². The molecule has 1 aliphatic rings. The fraction of sp³-hybridized carbons (Fsp3) is 0.655. The maximum Gasteiger partial charge on any atom is 0.336 e. The second-order valence-corrected chi connectivity index (χ2v) is 12.5. The fourth-order valence-electron chi connectivity index (χ4n) is 4.50. The Kier molecular flexibility index (Phi) is 18.5. The number of carboxylic acid groups (broad SMARTS) is 1. The number of primary amides is 1. The maximum absolute atomic E-state index is 13.5. The van der Waals surface area contributed by atoms with Crippen LogP contribution in [0.25, 0.3) is 0 Å². The Balaban J connectivity index is 3.79. The Labute approximate surface area is 311 Å². The van der Waals surface area contributed by atoms with Gasteiger partial charge in [0.05, 0.1) is 19.3 Å². The molecule has 0 saturated carbocycles. The Morgan fingerprint density at radius 3 is 1.71 bits per heavy atom. The van der Waals surface area contributed by atoms with Crippen LogP contribution in [0.15, 0.2) is 0 Å². The lowest BCUT2D eigenvalue weighted by Crippen LogP contribution is -2.66. The van der Waals surface area contributed by atoms with E-state index in [0.29, 0.717) is 0 Å². The first-order chi connectivity index (χ1) is 25.4. The van der Waals surface area contributed by atoms with Gasteiger partial charge in [0, 0.05) is 6.54 Å². The van der Waals surface area contributed by atoms with Crippen molar-refractivity contribution < 1.29 is 83.7 Å². The first-order valence-corrected chi connectivity index (χ1v) is 16.4. The largest absolute Gasteiger partial charge is 0.479 e. The number of amides is 9. The van der Waals surface area contributed by atoms with E-state index in [-0.39, 0.29) is 0 Å². The zero-order valence-electron chi connectivity index (χ0n) is 29.8. The summed E-state index contributed by atoms with van der Waals surface area (Å²) in [7, 11) is 0. The van der Waals surface area contributed by atoms with Gasteiger partial charge in [-0.25, -0.2) is 4.79 Å². The zero-order valence-corrected chi connectivity index (χ0v) is 29.8. The molecule has 1 fully saturated rings. The molecule has 26 nitrogen and oxygen atoms in total. The average molecular weight is 794 g/mol. The first kappa shape index (κ1) is 47.5. The standard InChI is InChI=1S/C29H47N9O17/c1-8(2)14-26(51)37-16(18(43)19(44)20(30)45)27(52)36-15(9(3)40)25(50)32-6-13(42)24(49)38-17(29(54)55)28(53)33-11(5-31-21(46)10(4)41)22(47)34-12(7-39)23(48)35-14/h8-19,39-44H,5-7H2,1-4H3,(H2,30,45)(H,31,46)(H,32,50)(H,33,53)(H,34,47)(H,35,48)(H,36,52)(H,37,51)(H,38,49)(H,54,55). The topological polar surface area (TPSA) is 435 Å². The number of nitrogens with one attached hydrogen (secondary N) is 8. The number of aliphatic hydroxyl groups excluding tert-OH is 6. The van der Waals surface area contributed by atoms with Gasteiger partial charge < -0.3 is 84.0 Å². The van der Waals surface area contributed by atoms with Crippen molar-refractivity contribution in [1.82, 2.24) is 42.5 Å². The summed E-state index contributed by atoms with van der Waals surface area (Å²) in [6.07, 6.45) is -10.8. The number of aliphatic hydroxyl groups is 6. The fourth-order valence-corrected chi connectivity index (χ4v) is 4.50. The predicted molar refractivity (Wildman–Crippen MR) is 178 cm³/mol. The molecule has 1 heterocycles. The van der Waals surface area contributed by atoms with E-state index in [4.69, 9.17) is 5.73 Å². The lowest BCUT2D eigenvalue weighted by molar-refractivity contribution is -0.148. The number of carboxylic acids is 1. The van der Waals surface area contributed by atoms with E-state index in [1.807, 2.05) is 26.6 Å². The monoisotopic (exact) mass is 793 g/mol. The Bertz CT molecular complexity index is 1480. The van der Waals surface area contributed by atoms with Crippen molar-refractivity contribution in [3.63, 3.8) is 0 Å². The van der Waals surface area contributed by atoms with Crippen LogP contribution in [0.2, 0.25) is 0 Å². The number of nitrogens with two attached hydrogens (primary N) is 1. The van der Waals surface area contributed by atoms with Gasteiger partial charge in [-0.3, -0.25) is 43.2 Å². The highest BCUT2D eigenvalue weighted by atomic mass is 16.4. The summed E-state index contributed by atoms with van der Waals surface area (Å²) in [5, 5.41) is 86.2. The highest BCUT2D eigenvalue weighted by Crippen LogP contribution is 2.08. The zero-order chi connectivity index (χ0) is 42.5. The molecule has 11 unspecified atom stereocenters. The number of aliphatic carboxylic acids is 1. The molecule has 17 N–H and O–H groups in total. The Morgan fingerprint density at radius 2 is 1.22 bits per heavy atom. The highest BCUT2D eigenvalue weighted by Gasteiger charge is 2.41. The molecule has 0 spiro atoms. The smallest absolute Gasteiger partial charge is 0.336 e. The molecule has 1 rings (SSSR count). The Morgan fingerprint density at radius 1 is 0.709 bits per heavy atom. The van der Waals surface area contributed by atoms with Crippen LogP contribution in [0, 0.1) is 5.92 Å². The van der Waals surface area contributed by atoms with E-state index in [0.717, 1.165) is 13.8 Å². The van der Waals surface area contributed by atoms with Gasteiger partial charge in [-0.05, 0) is 19.8 Å². The van der Waals surface area contributed by atoms with Gasteiger partial charge in [0.2, 0.25) is 47.4 Å². The first-order valence-electron chi connectivity index (χ1n) is 16.4. The average Bonchev–Trinajstić information content (AvgIpc) is 3.10. The van der Waals surface area contributed by atoms with Crippen LogP contribution in [0.4, 0.5) is 0 Å². The number of carbonyl (C=O) groups excluding carboxylic acids is 9. The van der Waals surface area contributed by atoms with E-state index >= 15 is 0 Å². The molecule has 1 aliphatic heterocycles. The molecule has 11 atom stereocenters. The van der Waals surface area contributed by atoms with Crippen LogP contribution in [-0.2, 0) is 47.9 Å². The van der Waals surface area contributed by atoms with Crippen molar-refractivity contribution in [2.24, 2.45) is 11.7 Å². The molecule has 55 heavy (non-hydrogen) atoms. The minimum Gasteiger partial charge on any atom is -0.479 e. The third-order valence-corrected chi connectivity index (χ3v) is 7.72. The highest BCUT2D eigenvalue weighted by molar-refractivity contribution is 6.06. The molecule has 0 bridgehead atoms. The molecule has 26 heteroatoms. The predicted octanol–water partition coefficient (Wildman–Crippen LogP) is -10.8. The number of hydrogen-bond donors (Lipinski definition) is 16. The van der Waals surface area contributed by atoms with Crippen LogP contribution in [-0.4, -0.2) is 181 Å². The number of hydrogen-bond acceptors (Lipinski definition) is 16. The molecule has 0 aromatic carbocycles. The van der Waals surface area contributed by atoms with E-state index in [1.165, 1.54) is 13.8 Å². The van der Waals surface area contributed by atoms with Gasteiger partial charge in [-0.15, -0.1) is 0 Å². The Hall–Kier alpha value is -5.54. The normalized spacial score (nSPS) is 27.8. The van der Waals surface area contributed by atoms with E-state index in [2.05, 4.69) is 10.6 Å². The summed E-state index contributed by atoms with van der Waals surface area (Å²) in [4.78, 5) is 128. The molecular weight excluding hydrogens is 746 g/mol. The van der Waals surface area contributed by atoms with Crippen molar-refractivity contribution in [1.29, 1.82) is 0 Å². The van der Waals surface area contributed by atoms with Crippen LogP contribution in [0.1, 0.15) is 27.7 Å². The van der Waals surface area contributed by atoms with Crippen molar-refractivity contribution in [3.05, 3.63) is 0 Å². The van der Waals surface area contributed by atoms with Crippen molar-refractivity contribution in [2.75, 3.05) is 19.7 Å². The van der Waals surface area contributed by atoms with E-state index in [9.17, 15) is 83.7 Å². The molecule has 1 saturated heterocycles. The quantitative estimate of drug-likeness (QED) is 0.0913. The van der Waals surface area contributed by atoms with Crippen molar-refractivity contribution >= 4 is 59.1 Å². The van der Waals surface area contributed by atoms with Crippen LogP contribution in [0.5, 0.6) is 0 Å². The third-order valence-electron chi connectivity index (χ3n) is 7.72. The summed E-state index contributed by atoms with van der Waals surface area (Å²) < 4.78 is 0. The molecule has 9 amide bonds. The van der Waals surface area contributed by atoms with Gasteiger partial charge in [0.25, 0.3) is 11.8 Å². The molecule has 310 valence electrons. The minimum atomic E-state index is -2.57. The minimum absolute atomic E-state index is 0.888. The van der Waals surface area contributed by atoms with Crippen molar-refractivity contribution in [2.45, 2.75) is 94.5 Å². The summed E-state index contributed by atoms with van der Waals surface area (Å²) in [6, 6.07) is -12.6. The number of carbonyl (C=O) groups is 10. The number of rotatable bonds is 10. The maximum atomic E-state index is 13.5. The third kappa shape index (κ3) is 14.0. The van der Waals surface area contributed by atoms with Crippen molar-refractivity contribution in [3.8, 4) is 0 Å². The second-order valence-electron chi connectivity index (χ2n) is 12.5. The van der Waals surface area contributed by atoms with Gasteiger partial charge in [0.1, 0.15) is 48.5 Å². The summed E-state index contributed by atoms with van der Waals surface area (Å²) in [5.74, 6) is -15.7. The molecule has 0 radical (unpaired) electrons. The molecule has 0 aromatic rings.